The van der Waals surface area contributed by atoms with E-state index in [1.54, 1.807) is 25.2 Å². The highest BCUT2D eigenvalue weighted by atomic mass is 35.5. The fourth-order valence-corrected chi connectivity index (χ4v) is 2.04. The van der Waals surface area contributed by atoms with Gasteiger partial charge in [0.15, 0.2) is 11.6 Å². The first-order chi connectivity index (χ1) is 9.47. The summed E-state index contributed by atoms with van der Waals surface area (Å²) in [7, 11) is 1.59. The van der Waals surface area contributed by atoms with E-state index in [-0.39, 0.29) is 11.5 Å². The largest absolute Gasteiger partial charge is 0.337 e. The quantitative estimate of drug-likeness (QED) is 0.841. The molecule has 104 valence electrons. The number of benzene rings is 2. The third-order valence-corrected chi connectivity index (χ3v) is 3.06. The third kappa shape index (κ3) is 3.33. The average molecular weight is 296 g/mol. The molecule has 0 bridgehead atoms. The van der Waals surface area contributed by atoms with Gasteiger partial charge in [0.1, 0.15) is 0 Å². The average Bonchev–Trinajstić information content (AvgIpc) is 2.41. The van der Waals surface area contributed by atoms with Crippen LogP contribution in [0.4, 0.5) is 8.78 Å². The third-order valence-electron chi connectivity index (χ3n) is 2.82. The van der Waals surface area contributed by atoms with Crippen molar-refractivity contribution >= 4 is 17.5 Å². The van der Waals surface area contributed by atoms with Gasteiger partial charge < -0.3 is 4.90 Å². The molecule has 0 saturated carbocycles. The Balaban J connectivity index is 2.14. The van der Waals surface area contributed by atoms with Gasteiger partial charge in [0.25, 0.3) is 5.91 Å². The number of carbonyl (C=O) groups excluding carboxylic acids is 1. The van der Waals surface area contributed by atoms with E-state index in [2.05, 4.69) is 0 Å². The van der Waals surface area contributed by atoms with Gasteiger partial charge in [-0.05, 0) is 35.9 Å². The molecule has 5 heteroatoms. The molecular formula is C15H12ClF2NO. The van der Waals surface area contributed by atoms with Gasteiger partial charge in [-0.1, -0.05) is 23.7 Å². The Morgan fingerprint density at radius 2 is 1.90 bits per heavy atom. The molecule has 0 atom stereocenters. The number of halogens is 3. The summed E-state index contributed by atoms with van der Waals surface area (Å²) in [4.78, 5) is 13.5. The number of hydrogen-bond acceptors (Lipinski definition) is 1. The summed E-state index contributed by atoms with van der Waals surface area (Å²) in [5, 5.41) is 0.580. The van der Waals surface area contributed by atoms with Gasteiger partial charge in [0.05, 0.1) is 0 Å². The van der Waals surface area contributed by atoms with Crippen LogP contribution in [0.15, 0.2) is 42.5 Å². The molecule has 2 aromatic rings. The second-order valence-electron chi connectivity index (χ2n) is 4.42. The first kappa shape index (κ1) is 14.5. The maximum atomic E-state index is 13.1. The van der Waals surface area contributed by atoms with Gasteiger partial charge >= 0.3 is 0 Å². The Kier molecular flexibility index (Phi) is 4.35. The molecule has 0 aliphatic heterocycles. The maximum absolute atomic E-state index is 13.1. The molecule has 20 heavy (non-hydrogen) atoms. The summed E-state index contributed by atoms with van der Waals surface area (Å²) in [6.45, 7) is 0.332. The predicted molar refractivity (Wildman–Crippen MR) is 73.6 cm³/mol. The standard InChI is InChI=1S/C15H12ClF2NO/c1-19(9-10-3-2-4-12(16)7-10)15(20)11-5-6-13(17)14(18)8-11/h2-8H,9H2,1H3. The smallest absolute Gasteiger partial charge is 0.254 e. The molecule has 2 aromatic carbocycles. The van der Waals surface area contributed by atoms with Crippen molar-refractivity contribution in [1.82, 2.24) is 4.90 Å². The molecule has 0 heterocycles. The van der Waals surface area contributed by atoms with E-state index in [0.717, 1.165) is 17.7 Å². The molecule has 1 amide bonds. The molecule has 0 spiro atoms. The van der Waals surface area contributed by atoms with Crippen LogP contribution in [0.3, 0.4) is 0 Å². The summed E-state index contributed by atoms with van der Waals surface area (Å²) < 4.78 is 26.0. The van der Waals surface area contributed by atoms with Crippen LogP contribution in [0.5, 0.6) is 0 Å². The maximum Gasteiger partial charge on any atom is 0.254 e. The van der Waals surface area contributed by atoms with Crippen molar-refractivity contribution < 1.29 is 13.6 Å². The van der Waals surface area contributed by atoms with E-state index >= 15 is 0 Å². The summed E-state index contributed by atoms with van der Waals surface area (Å²) in [5.41, 5.74) is 0.962. The molecule has 0 unspecified atom stereocenters. The number of carbonyl (C=O) groups is 1. The van der Waals surface area contributed by atoms with E-state index in [9.17, 15) is 13.6 Å². The molecular weight excluding hydrogens is 284 g/mol. The Morgan fingerprint density at radius 3 is 2.55 bits per heavy atom. The van der Waals surface area contributed by atoms with Gasteiger partial charge in [0.2, 0.25) is 0 Å². The zero-order valence-electron chi connectivity index (χ0n) is 10.7. The van der Waals surface area contributed by atoms with Crippen molar-refractivity contribution in [3.05, 3.63) is 70.2 Å². The van der Waals surface area contributed by atoms with Gasteiger partial charge in [-0.2, -0.15) is 0 Å². The van der Waals surface area contributed by atoms with Crippen LogP contribution in [0.2, 0.25) is 5.02 Å². The van der Waals surface area contributed by atoms with Crippen molar-refractivity contribution in [3.63, 3.8) is 0 Å². The zero-order valence-corrected chi connectivity index (χ0v) is 11.5. The zero-order chi connectivity index (χ0) is 14.7. The number of rotatable bonds is 3. The monoisotopic (exact) mass is 295 g/mol. The summed E-state index contributed by atoms with van der Waals surface area (Å²) in [5.74, 6) is -2.39. The lowest BCUT2D eigenvalue weighted by Crippen LogP contribution is -2.26. The fourth-order valence-electron chi connectivity index (χ4n) is 1.83. The van der Waals surface area contributed by atoms with Gasteiger partial charge in [-0.3, -0.25) is 4.79 Å². The number of nitrogens with zero attached hydrogens (tertiary/aromatic N) is 1. The van der Waals surface area contributed by atoms with E-state index in [0.29, 0.717) is 11.6 Å². The Bertz CT molecular complexity index is 646. The van der Waals surface area contributed by atoms with E-state index < -0.39 is 11.6 Å². The van der Waals surface area contributed by atoms with Crippen LogP contribution in [-0.2, 0) is 6.54 Å². The van der Waals surface area contributed by atoms with E-state index in [1.165, 1.54) is 11.0 Å². The minimum absolute atomic E-state index is 0.105. The first-order valence-electron chi connectivity index (χ1n) is 5.92. The van der Waals surface area contributed by atoms with Crippen molar-refractivity contribution in [2.75, 3.05) is 7.05 Å². The molecule has 2 rings (SSSR count). The first-order valence-corrected chi connectivity index (χ1v) is 6.30. The second kappa shape index (κ2) is 6.01. The summed E-state index contributed by atoms with van der Waals surface area (Å²) >= 11 is 5.87. The SMILES string of the molecule is CN(Cc1cccc(Cl)c1)C(=O)c1ccc(F)c(F)c1. The number of hydrogen-bond donors (Lipinski definition) is 0. The Labute approximate surface area is 120 Å². The van der Waals surface area contributed by atoms with E-state index in [1.807, 2.05) is 6.07 Å². The van der Waals surface area contributed by atoms with Crippen LogP contribution in [0.1, 0.15) is 15.9 Å². The lowest BCUT2D eigenvalue weighted by molar-refractivity contribution is 0.0784. The van der Waals surface area contributed by atoms with Crippen LogP contribution >= 0.6 is 11.6 Å². The highest BCUT2D eigenvalue weighted by molar-refractivity contribution is 6.30. The minimum Gasteiger partial charge on any atom is -0.337 e. The number of amides is 1. The molecule has 2 nitrogen and oxygen atoms in total. The topological polar surface area (TPSA) is 20.3 Å². The van der Waals surface area contributed by atoms with Crippen LogP contribution in [0.25, 0.3) is 0 Å². The van der Waals surface area contributed by atoms with Crippen LogP contribution in [0, 0.1) is 11.6 Å². The van der Waals surface area contributed by atoms with Crippen LogP contribution in [-0.4, -0.2) is 17.9 Å². The van der Waals surface area contributed by atoms with Crippen molar-refractivity contribution in [3.8, 4) is 0 Å². The Hall–Kier alpha value is -1.94. The Morgan fingerprint density at radius 1 is 1.15 bits per heavy atom. The van der Waals surface area contributed by atoms with Gasteiger partial charge in [0, 0.05) is 24.2 Å². The summed E-state index contributed by atoms with van der Waals surface area (Å²) in [6, 6.07) is 10.2. The molecule has 0 aromatic heterocycles. The van der Waals surface area contributed by atoms with E-state index in [4.69, 9.17) is 11.6 Å². The minimum atomic E-state index is -1.04. The highest BCUT2D eigenvalue weighted by Gasteiger charge is 2.14. The van der Waals surface area contributed by atoms with Crippen molar-refractivity contribution in [2.45, 2.75) is 6.54 Å². The normalized spacial score (nSPS) is 10.4. The molecule has 0 fully saturated rings. The predicted octanol–water partition coefficient (Wildman–Crippen LogP) is 3.89. The van der Waals surface area contributed by atoms with Crippen LogP contribution < -0.4 is 0 Å². The summed E-state index contributed by atoms with van der Waals surface area (Å²) in [6.07, 6.45) is 0. The molecule has 0 aliphatic rings. The second-order valence-corrected chi connectivity index (χ2v) is 4.86. The molecule has 0 aliphatic carbocycles. The van der Waals surface area contributed by atoms with Crippen molar-refractivity contribution in [1.29, 1.82) is 0 Å². The lowest BCUT2D eigenvalue weighted by Gasteiger charge is -2.17. The van der Waals surface area contributed by atoms with Gasteiger partial charge in [-0.15, -0.1) is 0 Å². The molecule has 0 radical (unpaired) electrons. The molecule has 0 N–H and O–H groups in total. The van der Waals surface area contributed by atoms with Crippen molar-refractivity contribution in [2.24, 2.45) is 0 Å². The lowest BCUT2D eigenvalue weighted by atomic mass is 10.1. The molecule has 0 saturated heterocycles. The fraction of sp³-hybridized carbons (Fsp3) is 0.133. The highest BCUT2D eigenvalue weighted by Crippen LogP contribution is 2.15. The van der Waals surface area contributed by atoms with Gasteiger partial charge in [-0.25, -0.2) is 8.78 Å².